The number of unbranched alkanes of at least 4 members (excludes halogenated alkanes) is 1. The third-order valence-electron chi connectivity index (χ3n) is 4.66. The first kappa shape index (κ1) is 17.9. The second-order valence-electron chi connectivity index (χ2n) is 6.61. The molecule has 0 unspecified atom stereocenters. The molecule has 0 amide bonds. The summed E-state index contributed by atoms with van der Waals surface area (Å²) in [6, 6.07) is 0. The molecule has 1 N–H and O–H groups in total. The van der Waals surface area contributed by atoms with Crippen molar-refractivity contribution in [2.75, 3.05) is 33.4 Å². The first-order valence-electron chi connectivity index (χ1n) is 8.50. The van der Waals surface area contributed by atoms with E-state index in [-0.39, 0.29) is 5.60 Å². The topological polar surface area (TPSA) is 30.5 Å². The van der Waals surface area contributed by atoms with Crippen molar-refractivity contribution >= 4 is 0 Å². The number of likely N-dealkylation sites (N-methyl/N-ethyl adjacent to an activating group) is 1. The highest BCUT2D eigenvalue weighted by Gasteiger charge is 2.36. The highest BCUT2D eigenvalue weighted by atomic mass is 16.5. The van der Waals surface area contributed by atoms with Gasteiger partial charge in [0.25, 0.3) is 0 Å². The Balaban J connectivity index is 2.29. The molecule has 3 nitrogen and oxygen atoms in total. The second-order valence-corrected chi connectivity index (χ2v) is 6.61. The molecule has 3 heteroatoms. The van der Waals surface area contributed by atoms with Gasteiger partial charge in [-0.2, -0.15) is 0 Å². The molecule has 1 saturated carbocycles. The predicted molar refractivity (Wildman–Crippen MR) is 85.1 cm³/mol. The molecule has 0 radical (unpaired) electrons. The van der Waals surface area contributed by atoms with Gasteiger partial charge in [0.1, 0.15) is 0 Å². The molecule has 1 fully saturated rings. The maximum absolute atomic E-state index is 6.23. The van der Waals surface area contributed by atoms with E-state index in [2.05, 4.69) is 26.1 Å². The summed E-state index contributed by atoms with van der Waals surface area (Å²) in [5.41, 5.74) is 0.0499. The third-order valence-corrected chi connectivity index (χ3v) is 4.66. The number of hydrogen-bond acceptors (Lipinski definition) is 3. The zero-order valence-electron chi connectivity index (χ0n) is 14.0. The van der Waals surface area contributed by atoms with Crippen LogP contribution < -0.4 is 5.32 Å². The Kier molecular flexibility index (Phi) is 8.74. The molecule has 0 aliphatic heterocycles. The van der Waals surface area contributed by atoms with Crippen LogP contribution in [0.2, 0.25) is 0 Å². The van der Waals surface area contributed by atoms with Crippen molar-refractivity contribution in [1.82, 2.24) is 5.32 Å². The molecule has 1 aliphatic carbocycles. The molecule has 0 spiro atoms. The Hall–Kier alpha value is -0.120. The number of hydrogen-bond donors (Lipinski definition) is 1. The van der Waals surface area contributed by atoms with Gasteiger partial charge in [0.05, 0.1) is 18.8 Å². The molecule has 1 aliphatic rings. The van der Waals surface area contributed by atoms with Crippen LogP contribution in [0, 0.1) is 11.8 Å². The minimum absolute atomic E-state index is 0.0499. The largest absolute Gasteiger partial charge is 0.379 e. The summed E-state index contributed by atoms with van der Waals surface area (Å²) in [6.07, 6.45) is 7.32. The summed E-state index contributed by atoms with van der Waals surface area (Å²) in [7, 11) is 2.03. The Labute approximate surface area is 125 Å². The molecule has 1 rings (SSSR count). The van der Waals surface area contributed by atoms with E-state index in [1.807, 2.05) is 7.05 Å². The van der Waals surface area contributed by atoms with E-state index >= 15 is 0 Å². The van der Waals surface area contributed by atoms with Crippen molar-refractivity contribution in [2.45, 2.75) is 64.9 Å². The van der Waals surface area contributed by atoms with E-state index in [4.69, 9.17) is 9.47 Å². The van der Waals surface area contributed by atoms with Crippen molar-refractivity contribution < 1.29 is 9.47 Å². The van der Waals surface area contributed by atoms with Gasteiger partial charge in [-0.15, -0.1) is 0 Å². The Morgan fingerprint density at radius 1 is 1.15 bits per heavy atom. The molecule has 0 aromatic carbocycles. The fourth-order valence-electron chi connectivity index (χ4n) is 3.19. The van der Waals surface area contributed by atoms with Crippen LogP contribution in [0.25, 0.3) is 0 Å². The quantitative estimate of drug-likeness (QED) is 0.622. The fraction of sp³-hybridized carbons (Fsp3) is 1.00. The Bertz CT molecular complexity index is 235. The summed E-state index contributed by atoms with van der Waals surface area (Å²) in [4.78, 5) is 0. The van der Waals surface area contributed by atoms with Crippen LogP contribution in [0.1, 0.15) is 59.3 Å². The zero-order chi connectivity index (χ0) is 14.8. The van der Waals surface area contributed by atoms with Crippen LogP contribution in [0.15, 0.2) is 0 Å². The molecular formula is C17H35NO2. The SMILES string of the molecule is CCCCOCCOC1(CNC)CCC(C(C)C)CC1. The standard InChI is InChI=1S/C17H35NO2/c1-5-6-11-19-12-13-20-17(14-18-4)9-7-16(8-10-17)15(2)3/h15-16,18H,5-14H2,1-4H3. The number of ether oxygens (including phenoxy) is 2. The van der Waals surface area contributed by atoms with Gasteiger partial charge < -0.3 is 14.8 Å². The van der Waals surface area contributed by atoms with Gasteiger partial charge >= 0.3 is 0 Å². The third kappa shape index (κ3) is 6.11. The molecule has 0 bridgehead atoms. The number of rotatable bonds is 10. The van der Waals surface area contributed by atoms with Crippen molar-refractivity contribution in [2.24, 2.45) is 11.8 Å². The van der Waals surface area contributed by atoms with Crippen LogP contribution in [0.5, 0.6) is 0 Å². The number of nitrogens with one attached hydrogen (secondary N) is 1. The van der Waals surface area contributed by atoms with E-state index in [0.717, 1.165) is 44.6 Å². The maximum Gasteiger partial charge on any atom is 0.0807 e. The van der Waals surface area contributed by atoms with E-state index in [9.17, 15) is 0 Å². The van der Waals surface area contributed by atoms with Crippen molar-refractivity contribution in [3.63, 3.8) is 0 Å². The highest BCUT2D eigenvalue weighted by Crippen LogP contribution is 2.37. The molecule has 0 heterocycles. The maximum atomic E-state index is 6.23. The lowest BCUT2D eigenvalue weighted by molar-refractivity contribution is -0.0943. The average molecular weight is 285 g/mol. The lowest BCUT2D eigenvalue weighted by atomic mass is 9.74. The molecule has 0 aromatic heterocycles. The summed E-state index contributed by atoms with van der Waals surface area (Å²) in [5.74, 6) is 1.68. The van der Waals surface area contributed by atoms with Crippen molar-refractivity contribution in [3.8, 4) is 0 Å². The van der Waals surface area contributed by atoms with Crippen LogP contribution in [0.3, 0.4) is 0 Å². The van der Waals surface area contributed by atoms with E-state index < -0.39 is 0 Å². The molecule has 0 aromatic rings. The van der Waals surface area contributed by atoms with Gasteiger partial charge in [-0.3, -0.25) is 0 Å². The van der Waals surface area contributed by atoms with Crippen LogP contribution in [0.4, 0.5) is 0 Å². The zero-order valence-corrected chi connectivity index (χ0v) is 14.0. The minimum atomic E-state index is 0.0499. The minimum Gasteiger partial charge on any atom is -0.379 e. The first-order valence-corrected chi connectivity index (χ1v) is 8.50. The van der Waals surface area contributed by atoms with Crippen LogP contribution >= 0.6 is 0 Å². The summed E-state index contributed by atoms with van der Waals surface area (Å²) >= 11 is 0. The molecule has 120 valence electrons. The van der Waals surface area contributed by atoms with Crippen molar-refractivity contribution in [3.05, 3.63) is 0 Å². The first-order chi connectivity index (χ1) is 9.63. The highest BCUT2D eigenvalue weighted by molar-refractivity contribution is 4.89. The lowest BCUT2D eigenvalue weighted by Gasteiger charge is -2.41. The van der Waals surface area contributed by atoms with Gasteiger partial charge in [-0.05, 0) is 51.0 Å². The molecule has 0 saturated heterocycles. The van der Waals surface area contributed by atoms with Crippen LogP contribution in [-0.4, -0.2) is 39.0 Å². The van der Waals surface area contributed by atoms with Crippen molar-refractivity contribution in [1.29, 1.82) is 0 Å². The Morgan fingerprint density at radius 2 is 1.85 bits per heavy atom. The smallest absolute Gasteiger partial charge is 0.0807 e. The van der Waals surface area contributed by atoms with E-state index in [1.54, 1.807) is 0 Å². The summed E-state index contributed by atoms with van der Waals surface area (Å²) in [5, 5.41) is 3.32. The van der Waals surface area contributed by atoms with Gasteiger partial charge in [-0.25, -0.2) is 0 Å². The van der Waals surface area contributed by atoms with Gasteiger partial charge in [-0.1, -0.05) is 27.2 Å². The lowest BCUT2D eigenvalue weighted by Crippen LogP contribution is -2.46. The van der Waals surface area contributed by atoms with Crippen LogP contribution in [-0.2, 0) is 9.47 Å². The summed E-state index contributed by atoms with van der Waals surface area (Å²) < 4.78 is 11.8. The normalized spacial score (nSPS) is 27.1. The average Bonchev–Trinajstić information content (AvgIpc) is 2.43. The fourth-order valence-corrected chi connectivity index (χ4v) is 3.19. The van der Waals surface area contributed by atoms with E-state index in [1.165, 1.54) is 32.1 Å². The second kappa shape index (κ2) is 9.75. The predicted octanol–water partition coefficient (Wildman–Crippen LogP) is 3.62. The monoisotopic (exact) mass is 285 g/mol. The van der Waals surface area contributed by atoms with Gasteiger partial charge in [0, 0.05) is 13.2 Å². The molecule has 0 atom stereocenters. The summed E-state index contributed by atoms with van der Waals surface area (Å²) in [6.45, 7) is 10.2. The Morgan fingerprint density at radius 3 is 2.40 bits per heavy atom. The van der Waals surface area contributed by atoms with Gasteiger partial charge in [0.2, 0.25) is 0 Å². The molecular weight excluding hydrogens is 250 g/mol. The van der Waals surface area contributed by atoms with Gasteiger partial charge in [0.15, 0.2) is 0 Å². The van der Waals surface area contributed by atoms with E-state index in [0.29, 0.717) is 0 Å². The molecule has 20 heavy (non-hydrogen) atoms.